The quantitative estimate of drug-likeness (QED) is 0.811. The average molecular weight is 299 g/mol. The molecule has 0 amide bonds. The third kappa shape index (κ3) is 3.96. The summed E-state index contributed by atoms with van der Waals surface area (Å²) in [6, 6.07) is 0. The van der Waals surface area contributed by atoms with Crippen LogP contribution in [-0.4, -0.2) is 44.3 Å². The molecule has 1 fully saturated rings. The number of rotatable bonds is 6. The van der Waals surface area contributed by atoms with Gasteiger partial charge in [0.2, 0.25) is 0 Å². The van der Waals surface area contributed by atoms with Gasteiger partial charge in [-0.15, -0.1) is 10.2 Å². The van der Waals surface area contributed by atoms with E-state index in [0.29, 0.717) is 11.7 Å². The lowest BCUT2D eigenvalue weighted by Gasteiger charge is -2.24. The van der Waals surface area contributed by atoms with E-state index in [1.807, 2.05) is 4.57 Å². The number of thioether (sulfide) groups is 1. The lowest BCUT2D eigenvalue weighted by atomic mass is 10.1. The summed E-state index contributed by atoms with van der Waals surface area (Å²) in [5.74, 6) is 0.309. The van der Waals surface area contributed by atoms with Crippen LogP contribution in [0.2, 0.25) is 0 Å². The van der Waals surface area contributed by atoms with E-state index in [-0.39, 0.29) is 17.8 Å². The Kier molecular flexibility index (Phi) is 5.42. The second-order valence-corrected chi connectivity index (χ2v) is 6.22. The van der Waals surface area contributed by atoms with Gasteiger partial charge in [0.25, 0.3) is 0 Å². The van der Waals surface area contributed by atoms with Gasteiger partial charge in [-0.1, -0.05) is 25.6 Å². The van der Waals surface area contributed by atoms with Crippen molar-refractivity contribution in [1.82, 2.24) is 14.8 Å². The number of aliphatic carboxylic acids is 1. The number of hydrogen-bond acceptors (Lipinski definition) is 5. The summed E-state index contributed by atoms with van der Waals surface area (Å²) < 4.78 is 7.79. The summed E-state index contributed by atoms with van der Waals surface area (Å²) in [5, 5.41) is 17.8. The van der Waals surface area contributed by atoms with E-state index in [2.05, 4.69) is 24.0 Å². The predicted molar refractivity (Wildman–Crippen MR) is 76.1 cm³/mol. The Morgan fingerprint density at radius 2 is 2.30 bits per heavy atom. The molecule has 1 aliphatic rings. The van der Waals surface area contributed by atoms with Crippen molar-refractivity contribution < 1.29 is 14.6 Å². The Hall–Kier alpha value is -1.08. The monoisotopic (exact) mass is 299 g/mol. The first-order valence-corrected chi connectivity index (χ1v) is 7.95. The average Bonchev–Trinajstić information content (AvgIpc) is 2.80. The SMILES string of the molecule is CC(C)c1nnc(SCC(=O)O)n1CC1CCCCO1. The maximum Gasteiger partial charge on any atom is 0.313 e. The van der Waals surface area contributed by atoms with Crippen LogP contribution in [0, 0.1) is 0 Å². The normalized spacial score (nSPS) is 19.4. The Balaban J connectivity index is 2.12. The number of carboxylic acids is 1. The van der Waals surface area contributed by atoms with Crippen LogP contribution < -0.4 is 0 Å². The molecule has 0 spiro atoms. The van der Waals surface area contributed by atoms with E-state index < -0.39 is 5.97 Å². The minimum absolute atomic E-state index is 0.00174. The maximum atomic E-state index is 10.7. The Labute approximate surface area is 122 Å². The fraction of sp³-hybridized carbons (Fsp3) is 0.769. The summed E-state index contributed by atoms with van der Waals surface area (Å²) in [5.41, 5.74) is 0. The van der Waals surface area contributed by atoms with E-state index >= 15 is 0 Å². The first kappa shape index (κ1) is 15.3. The van der Waals surface area contributed by atoms with Crippen molar-refractivity contribution in [2.24, 2.45) is 0 Å². The Bertz CT molecular complexity index is 456. The van der Waals surface area contributed by atoms with E-state index in [0.717, 1.165) is 25.3 Å². The maximum absolute atomic E-state index is 10.7. The molecule has 1 atom stereocenters. The molecule has 1 aliphatic heterocycles. The molecule has 0 radical (unpaired) electrons. The van der Waals surface area contributed by atoms with Crippen LogP contribution in [0.3, 0.4) is 0 Å². The second kappa shape index (κ2) is 7.08. The topological polar surface area (TPSA) is 77.2 Å². The molecule has 2 rings (SSSR count). The molecule has 0 aromatic carbocycles. The predicted octanol–water partition coefficient (Wildman–Crippen LogP) is 2.15. The molecule has 0 aliphatic carbocycles. The van der Waals surface area contributed by atoms with Crippen LogP contribution in [0.15, 0.2) is 5.16 Å². The smallest absolute Gasteiger partial charge is 0.313 e. The summed E-state index contributed by atoms with van der Waals surface area (Å²) in [6.07, 6.45) is 3.53. The molecule has 0 saturated carbocycles. The highest BCUT2D eigenvalue weighted by Crippen LogP contribution is 2.24. The van der Waals surface area contributed by atoms with Gasteiger partial charge in [-0.3, -0.25) is 4.79 Å². The van der Waals surface area contributed by atoms with Gasteiger partial charge in [-0.05, 0) is 19.3 Å². The van der Waals surface area contributed by atoms with Crippen molar-refractivity contribution in [2.75, 3.05) is 12.4 Å². The van der Waals surface area contributed by atoms with Crippen LogP contribution in [0.5, 0.6) is 0 Å². The van der Waals surface area contributed by atoms with E-state index in [9.17, 15) is 4.79 Å². The molecule has 1 saturated heterocycles. The van der Waals surface area contributed by atoms with Crippen molar-refractivity contribution in [3.63, 3.8) is 0 Å². The molecular weight excluding hydrogens is 278 g/mol. The molecular formula is C13H21N3O3S. The van der Waals surface area contributed by atoms with Gasteiger partial charge in [0.15, 0.2) is 5.16 Å². The molecule has 1 aromatic rings. The number of carbonyl (C=O) groups is 1. The zero-order valence-electron chi connectivity index (χ0n) is 11.9. The molecule has 6 nitrogen and oxygen atoms in total. The first-order valence-electron chi connectivity index (χ1n) is 6.97. The minimum Gasteiger partial charge on any atom is -0.481 e. The fourth-order valence-corrected chi connectivity index (χ4v) is 2.96. The second-order valence-electron chi connectivity index (χ2n) is 5.28. The molecule has 7 heteroatoms. The fourth-order valence-electron chi connectivity index (χ4n) is 2.29. The van der Waals surface area contributed by atoms with Gasteiger partial charge in [0.1, 0.15) is 5.82 Å². The summed E-state index contributed by atoms with van der Waals surface area (Å²) in [6.45, 7) is 5.64. The van der Waals surface area contributed by atoms with Gasteiger partial charge >= 0.3 is 5.97 Å². The lowest BCUT2D eigenvalue weighted by molar-refractivity contribution is -0.133. The van der Waals surface area contributed by atoms with Crippen LogP contribution in [0.4, 0.5) is 0 Å². The van der Waals surface area contributed by atoms with Crippen molar-refractivity contribution in [3.8, 4) is 0 Å². The summed E-state index contributed by atoms with van der Waals surface area (Å²) >= 11 is 1.22. The molecule has 112 valence electrons. The van der Waals surface area contributed by atoms with Crippen molar-refractivity contribution >= 4 is 17.7 Å². The zero-order valence-corrected chi connectivity index (χ0v) is 12.7. The first-order chi connectivity index (χ1) is 9.58. The summed E-state index contributed by atoms with van der Waals surface area (Å²) in [4.78, 5) is 10.7. The molecule has 2 heterocycles. The largest absolute Gasteiger partial charge is 0.481 e. The van der Waals surface area contributed by atoms with Crippen LogP contribution in [-0.2, 0) is 16.1 Å². The van der Waals surface area contributed by atoms with Crippen LogP contribution in [0.25, 0.3) is 0 Å². The van der Waals surface area contributed by atoms with Gasteiger partial charge in [0, 0.05) is 12.5 Å². The van der Waals surface area contributed by atoms with Gasteiger partial charge in [-0.25, -0.2) is 0 Å². The number of nitrogens with zero attached hydrogens (tertiary/aromatic N) is 3. The zero-order chi connectivity index (χ0) is 14.5. The minimum atomic E-state index is -0.843. The highest BCUT2D eigenvalue weighted by atomic mass is 32.2. The standard InChI is InChI=1S/C13H21N3O3S/c1-9(2)12-14-15-13(20-8-11(17)18)16(12)7-10-5-3-4-6-19-10/h9-10H,3-8H2,1-2H3,(H,17,18). The Morgan fingerprint density at radius 1 is 1.50 bits per heavy atom. The highest BCUT2D eigenvalue weighted by molar-refractivity contribution is 7.99. The van der Waals surface area contributed by atoms with Crippen molar-refractivity contribution in [3.05, 3.63) is 5.82 Å². The number of carboxylic acid groups (broad SMARTS) is 1. The number of aromatic nitrogens is 3. The lowest BCUT2D eigenvalue weighted by Crippen LogP contribution is -2.26. The third-order valence-electron chi connectivity index (χ3n) is 3.25. The van der Waals surface area contributed by atoms with Gasteiger partial charge in [0.05, 0.1) is 18.4 Å². The molecule has 1 aromatic heterocycles. The van der Waals surface area contributed by atoms with E-state index in [1.54, 1.807) is 0 Å². The molecule has 0 bridgehead atoms. The number of hydrogen-bond donors (Lipinski definition) is 1. The molecule has 1 unspecified atom stereocenters. The van der Waals surface area contributed by atoms with Crippen molar-refractivity contribution in [1.29, 1.82) is 0 Å². The van der Waals surface area contributed by atoms with Gasteiger partial charge < -0.3 is 14.4 Å². The molecule has 20 heavy (non-hydrogen) atoms. The van der Waals surface area contributed by atoms with Crippen LogP contribution in [0.1, 0.15) is 44.9 Å². The summed E-state index contributed by atoms with van der Waals surface area (Å²) in [7, 11) is 0. The van der Waals surface area contributed by atoms with Crippen molar-refractivity contribution in [2.45, 2.75) is 56.8 Å². The van der Waals surface area contributed by atoms with E-state index in [4.69, 9.17) is 9.84 Å². The molecule has 1 N–H and O–H groups in total. The highest BCUT2D eigenvalue weighted by Gasteiger charge is 2.21. The Morgan fingerprint density at radius 3 is 2.90 bits per heavy atom. The number of ether oxygens (including phenoxy) is 1. The van der Waals surface area contributed by atoms with Crippen LogP contribution >= 0.6 is 11.8 Å². The third-order valence-corrected chi connectivity index (χ3v) is 4.20. The van der Waals surface area contributed by atoms with Gasteiger partial charge in [-0.2, -0.15) is 0 Å². The van der Waals surface area contributed by atoms with E-state index in [1.165, 1.54) is 18.2 Å².